The molecule has 0 aromatic heterocycles. The number of carbonyl (C=O) groups is 1. The van der Waals surface area contributed by atoms with Crippen molar-refractivity contribution >= 4 is 17.5 Å². The van der Waals surface area contributed by atoms with E-state index in [1.807, 2.05) is 0 Å². The third kappa shape index (κ3) is 5.47. The van der Waals surface area contributed by atoms with Crippen molar-refractivity contribution in [2.24, 2.45) is 0 Å². The third-order valence-electron chi connectivity index (χ3n) is 4.69. The van der Waals surface area contributed by atoms with Gasteiger partial charge >= 0.3 is 0 Å². The number of rotatable bonds is 6. The first-order chi connectivity index (χ1) is 12.9. The monoisotopic (exact) mass is 396 g/mol. The summed E-state index contributed by atoms with van der Waals surface area (Å²) in [6.45, 7) is 0.491. The predicted octanol–water partition coefficient (Wildman–Crippen LogP) is 4.86. The molecule has 1 amide bonds. The van der Waals surface area contributed by atoms with E-state index in [9.17, 15) is 18.0 Å². The number of carbonyl (C=O) groups excluding carboxylic acids is 1. The Bertz CT molecular complexity index is 795. The highest BCUT2D eigenvalue weighted by Gasteiger charge is 2.26. The van der Waals surface area contributed by atoms with Gasteiger partial charge in [0.05, 0.1) is 0 Å². The van der Waals surface area contributed by atoms with Gasteiger partial charge in [0.2, 0.25) is 0 Å². The Labute approximate surface area is 160 Å². The number of benzene rings is 2. The largest absolute Gasteiger partial charge is 0.349 e. The number of amides is 1. The Morgan fingerprint density at radius 2 is 1.93 bits per heavy atom. The molecular formula is C20H20ClF3N2O. The van der Waals surface area contributed by atoms with Gasteiger partial charge in [-0.1, -0.05) is 29.8 Å². The second-order valence-electron chi connectivity index (χ2n) is 6.77. The normalized spacial score (nSPS) is 19.4. The molecule has 0 radical (unpaired) electrons. The molecule has 144 valence electrons. The van der Waals surface area contributed by atoms with Crippen LogP contribution in [0.25, 0.3) is 0 Å². The van der Waals surface area contributed by atoms with E-state index in [2.05, 4.69) is 10.6 Å². The lowest BCUT2D eigenvalue weighted by Crippen LogP contribution is -2.35. The van der Waals surface area contributed by atoms with Gasteiger partial charge in [-0.15, -0.1) is 0 Å². The van der Waals surface area contributed by atoms with Crippen LogP contribution in [-0.2, 0) is 6.54 Å². The number of hydrogen-bond donors (Lipinski definition) is 2. The van der Waals surface area contributed by atoms with E-state index in [1.165, 1.54) is 18.2 Å². The SMILES string of the molecule is O=C(N[C@@H]1CC[C@@H](NCc2cccc(C(F)F)c2)C1)c1cc(F)cc(Cl)c1. The lowest BCUT2D eigenvalue weighted by Gasteiger charge is -2.15. The van der Waals surface area contributed by atoms with Crippen LogP contribution in [-0.4, -0.2) is 18.0 Å². The highest BCUT2D eigenvalue weighted by Crippen LogP contribution is 2.22. The van der Waals surface area contributed by atoms with E-state index in [-0.39, 0.29) is 34.1 Å². The second kappa shape index (κ2) is 8.76. The topological polar surface area (TPSA) is 41.1 Å². The fourth-order valence-electron chi connectivity index (χ4n) is 3.35. The van der Waals surface area contributed by atoms with Gasteiger partial charge in [-0.05, 0) is 49.1 Å². The van der Waals surface area contributed by atoms with Gasteiger partial charge in [0.15, 0.2) is 0 Å². The Hall–Kier alpha value is -2.05. The first-order valence-electron chi connectivity index (χ1n) is 8.78. The highest BCUT2D eigenvalue weighted by molar-refractivity contribution is 6.31. The lowest BCUT2D eigenvalue weighted by molar-refractivity contribution is 0.0937. The zero-order chi connectivity index (χ0) is 19.4. The van der Waals surface area contributed by atoms with Crippen molar-refractivity contribution in [3.8, 4) is 0 Å². The van der Waals surface area contributed by atoms with Crippen LogP contribution in [0.4, 0.5) is 13.2 Å². The maximum absolute atomic E-state index is 13.4. The summed E-state index contributed by atoms with van der Waals surface area (Å²) in [4.78, 5) is 12.3. The summed E-state index contributed by atoms with van der Waals surface area (Å²) in [5.74, 6) is -0.906. The smallest absolute Gasteiger partial charge is 0.263 e. The van der Waals surface area contributed by atoms with Crippen LogP contribution in [0.15, 0.2) is 42.5 Å². The van der Waals surface area contributed by atoms with Crippen LogP contribution < -0.4 is 10.6 Å². The lowest BCUT2D eigenvalue weighted by atomic mass is 10.1. The molecule has 1 aliphatic rings. The van der Waals surface area contributed by atoms with E-state index in [1.54, 1.807) is 12.1 Å². The molecule has 3 rings (SSSR count). The number of hydrogen-bond acceptors (Lipinski definition) is 2. The molecule has 2 aromatic carbocycles. The summed E-state index contributed by atoms with van der Waals surface area (Å²) in [6.07, 6.45) is -0.0941. The molecule has 0 saturated heterocycles. The highest BCUT2D eigenvalue weighted by atomic mass is 35.5. The molecule has 1 aliphatic carbocycles. The summed E-state index contributed by atoms with van der Waals surface area (Å²) in [5, 5.41) is 6.42. The zero-order valence-corrected chi connectivity index (χ0v) is 15.3. The van der Waals surface area contributed by atoms with Crippen LogP contribution >= 0.6 is 11.6 Å². The van der Waals surface area contributed by atoms with E-state index in [0.29, 0.717) is 6.54 Å². The van der Waals surface area contributed by atoms with Crippen LogP contribution in [0.1, 0.15) is 47.2 Å². The fraction of sp³-hybridized carbons (Fsp3) is 0.350. The minimum absolute atomic E-state index is 0.0135. The molecule has 0 bridgehead atoms. The van der Waals surface area contributed by atoms with Crippen molar-refractivity contribution < 1.29 is 18.0 Å². The van der Waals surface area contributed by atoms with Gasteiger partial charge in [-0.2, -0.15) is 0 Å². The molecule has 3 nitrogen and oxygen atoms in total. The van der Waals surface area contributed by atoms with Crippen molar-refractivity contribution in [1.82, 2.24) is 10.6 Å². The molecule has 0 unspecified atom stereocenters. The molecule has 7 heteroatoms. The van der Waals surface area contributed by atoms with Crippen molar-refractivity contribution in [2.45, 2.75) is 44.3 Å². The van der Waals surface area contributed by atoms with E-state index in [4.69, 9.17) is 11.6 Å². The summed E-state index contributed by atoms with van der Waals surface area (Å²) in [7, 11) is 0. The Balaban J connectivity index is 1.50. The Morgan fingerprint density at radius 1 is 1.15 bits per heavy atom. The van der Waals surface area contributed by atoms with Crippen LogP contribution in [0.3, 0.4) is 0 Å². The van der Waals surface area contributed by atoms with Gasteiger partial charge in [0.25, 0.3) is 12.3 Å². The van der Waals surface area contributed by atoms with E-state index >= 15 is 0 Å². The maximum atomic E-state index is 13.4. The number of halogens is 4. The van der Waals surface area contributed by atoms with E-state index < -0.39 is 12.2 Å². The molecule has 1 fully saturated rings. The average molecular weight is 397 g/mol. The predicted molar refractivity (Wildman–Crippen MR) is 98.5 cm³/mol. The molecule has 2 N–H and O–H groups in total. The van der Waals surface area contributed by atoms with Crippen molar-refractivity contribution in [2.75, 3.05) is 0 Å². The molecular weight excluding hydrogens is 377 g/mol. The molecule has 1 saturated carbocycles. The second-order valence-corrected chi connectivity index (χ2v) is 7.20. The standard InChI is InChI=1S/C20H20ClF3N2O/c21-15-7-14(8-16(22)9-15)20(27)26-18-5-4-17(10-18)25-11-12-2-1-3-13(6-12)19(23)24/h1-3,6-9,17-19,25H,4-5,10-11H2,(H,26,27)/t17-,18-/m1/s1. The van der Waals surface area contributed by atoms with Gasteiger partial charge in [-0.3, -0.25) is 4.79 Å². The number of nitrogens with one attached hydrogen (secondary N) is 2. The summed E-state index contributed by atoms with van der Waals surface area (Å²) < 4.78 is 38.9. The minimum Gasteiger partial charge on any atom is -0.349 e. The molecule has 27 heavy (non-hydrogen) atoms. The quantitative estimate of drug-likeness (QED) is 0.732. The third-order valence-corrected chi connectivity index (χ3v) is 4.91. The summed E-state index contributed by atoms with van der Waals surface area (Å²) >= 11 is 5.79. The average Bonchev–Trinajstić information content (AvgIpc) is 3.06. The van der Waals surface area contributed by atoms with Gasteiger partial charge in [0.1, 0.15) is 5.82 Å². The first kappa shape index (κ1) is 19.7. The van der Waals surface area contributed by atoms with Gasteiger partial charge in [0, 0.05) is 34.8 Å². The molecule has 2 aromatic rings. The fourth-order valence-corrected chi connectivity index (χ4v) is 3.57. The summed E-state index contributed by atoms with van der Waals surface area (Å²) in [5.41, 5.74) is 1.01. The Kier molecular flexibility index (Phi) is 6.39. The zero-order valence-electron chi connectivity index (χ0n) is 14.5. The molecule has 0 spiro atoms. The van der Waals surface area contributed by atoms with E-state index in [0.717, 1.165) is 37.0 Å². The van der Waals surface area contributed by atoms with Crippen molar-refractivity contribution in [3.63, 3.8) is 0 Å². The van der Waals surface area contributed by atoms with Crippen LogP contribution in [0, 0.1) is 5.82 Å². The van der Waals surface area contributed by atoms with Crippen molar-refractivity contribution in [3.05, 3.63) is 70.0 Å². The summed E-state index contributed by atoms with van der Waals surface area (Å²) in [6, 6.07) is 10.2. The van der Waals surface area contributed by atoms with Crippen LogP contribution in [0.2, 0.25) is 5.02 Å². The van der Waals surface area contributed by atoms with Crippen molar-refractivity contribution in [1.29, 1.82) is 0 Å². The van der Waals surface area contributed by atoms with Gasteiger partial charge < -0.3 is 10.6 Å². The number of alkyl halides is 2. The Morgan fingerprint density at radius 3 is 2.67 bits per heavy atom. The minimum atomic E-state index is -2.48. The van der Waals surface area contributed by atoms with Gasteiger partial charge in [-0.25, -0.2) is 13.2 Å². The maximum Gasteiger partial charge on any atom is 0.263 e. The van der Waals surface area contributed by atoms with Crippen LogP contribution in [0.5, 0.6) is 0 Å². The first-order valence-corrected chi connectivity index (χ1v) is 9.16. The molecule has 0 aliphatic heterocycles. The molecule has 0 heterocycles. The molecule has 2 atom stereocenters.